The van der Waals surface area contributed by atoms with E-state index in [0.717, 1.165) is 13.0 Å². The first-order chi connectivity index (χ1) is 11.0. The van der Waals surface area contributed by atoms with E-state index in [0.29, 0.717) is 36.6 Å². The van der Waals surface area contributed by atoms with Crippen molar-refractivity contribution in [2.45, 2.75) is 19.4 Å². The Morgan fingerprint density at radius 2 is 2.04 bits per heavy atom. The number of carboxylic acid groups (broad SMARTS) is 1. The van der Waals surface area contributed by atoms with Gasteiger partial charge in [-0.15, -0.1) is 0 Å². The highest BCUT2D eigenvalue weighted by molar-refractivity contribution is 5.70. The fourth-order valence-corrected chi connectivity index (χ4v) is 2.85. The molecule has 0 aromatic heterocycles. The summed E-state index contributed by atoms with van der Waals surface area (Å²) in [6.07, 6.45) is 1.40. The number of rotatable bonds is 6. The molecular formula is C15H20N2O6. The molecule has 2 rings (SSSR count). The Balaban J connectivity index is 2.27. The van der Waals surface area contributed by atoms with Crippen molar-refractivity contribution in [2.75, 3.05) is 27.3 Å². The highest BCUT2D eigenvalue weighted by Gasteiger charge is 2.27. The second kappa shape index (κ2) is 7.28. The molecule has 1 unspecified atom stereocenters. The summed E-state index contributed by atoms with van der Waals surface area (Å²) in [5, 5.41) is 20.4. The van der Waals surface area contributed by atoms with Crippen LogP contribution in [0.2, 0.25) is 0 Å². The molecule has 1 heterocycles. The minimum atomic E-state index is -0.823. The van der Waals surface area contributed by atoms with E-state index in [2.05, 4.69) is 0 Å². The molecule has 0 aliphatic carbocycles. The number of hydrogen-bond acceptors (Lipinski definition) is 6. The highest BCUT2D eigenvalue weighted by atomic mass is 16.6. The minimum Gasteiger partial charge on any atom is -0.493 e. The summed E-state index contributed by atoms with van der Waals surface area (Å²) in [4.78, 5) is 23.9. The zero-order chi connectivity index (χ0) is 17.0. The van der Waals surface area contributed by atoms with Gasteiger partial charge in [0.25, 0.3) is 5.69 Å². The molecule has 8 nitrogen and oxygen atoms in total. The molecule has 1 atom stereocenters. The lowest BCUT2D eigenvalue weighted by molar-refractivity contribution is -0.385. The maximum absolute atomic E-state index is 11.3. The molecule has 0 spiro atoms. The standard InChI is InChI=1S/C15H20N2O6/c1-22-13-6-11(12(17(20)21)7-14(13)23-2)9-16-5-3-4-10(8-16)15(18)19/h6-7,10H,3-5,8-9H2,1-2H3,(H,18,19). The first-order valence-corrected chi connectivity index (χ1v) is 7.30. The number of aliphatic carboxylic acids is 1. The number of carboxylic acids is 1. The van der Waals surface area contributed by atoms with Crippen LogP contribution in [0.15, 0.2) is 12.1 Å². The van der Waals surface area contributed by atoms with Crippen LogP contribution in [0.4, 0.5) is 5.69 Å². The maximum atomic E-state index is 11.3. The van der Waals surface area contributed by atoms with Gasteiger partial charge < -0.3 is 14.6 Å². The van der Waals surface area contributed by atoms with Crippen LogP contribution in [-0.2, 0) is 11.3 Å². The number of nitro groups is 1. The third-order valence-electron chi connectivity index (χ3n) is 4.03. The van der Waals surface area contributed by atoms with Crippen LogP contribution < -0.4 is 9.47 Å². The third kappa shape index (κ3) is 3.89. The summed E-state index contributed by atoms with van der Waals surface area (Å²) >= 11 is 0. The predicted molar refractivity (Wildman–Crippen MR) is 81.8 cm³/mol. The van der Waals surface area contributed by atoms with E-state index >= 15 is 0 Å². The topological polar surface area (TPSA) is 102 Å². The molecule has 0 radical (unpaired) electrons. The Kier molecular flexibility index (Phi) is 5.38. The molecule has 1 N–H and O–H groups in total. The van der Waals surface area contributed by atoms with E-state index in [1.165, 1.54) is 20.3 Å². The van der Waals surface area contributed by atoms with Gasteiger partial charge in [0.15, 0.2) is 11.5 Å². The quantitative estimate of drug-likeness (QED) is 0.630. The number of piperidine rings is 1. The number of ether oxygens (including phenoxy) is 2. The monoisotopic (exact) mass is 324 g/mol. The fourth-order valence-electron chi connectivity index (χ4n) is 2.85. The molecule has 23 heavy (non-hydrogen) atoms. The number of carbonyl (C=O) groups is 1. The molecule has 1 aliphatic rings. The van der Waals surface area contributed by atoms with Crippen LogP contribution in [0, 0.1) is 16.0 Å². The van der Waals surface area contributed by atoms with Gasteiger partial charge in [0.05, 0.1) is 31.1 Å². The molecule has 1 aliphatic heterocycles. The molecule has 0 amide bonds. The Hall–Kier alpha value is -2.35. The number of nitrogens with zero attached hydrogens (tertiary/aromatic N) is 2. The van der Waals surface area contributed by atoms with Gasteiger partial charge in [-0.25, -0.2) is 0 Å². The number of nitro benzene ring substituents is 1. The lowest BCUT2D eigenvalue weighted by Crippen LogP contribution is -2.38. The van der Waals surface area contributed by atoms with Crippen LogP contribution >= 0.6 is 0 Å². The molecule has 0 saturated carbocycles. The van der Waals surface area contributed by atoms with Crippen molar-refractivity contribution >= 4 is 11.7 Å². The average molecular weight is 324 g/mol. The van der Waals surface area contributed by atoms with Crippen molar-refractivity contribution in [1.29, 1.82) is 0 Å². The van der Waals surface area contributed by atoms with Gasteiger partial charge in [0.1, 0.15) is 0 Å². The first kappa shape index (κ1) is 17.0. The van der Waals surface area contributed by atoms with Gasteiger partial charge in [-0.2, -0.15) is 0 Å². The zero-order valence-corrected chi connectivity index (χ0v) is 13.2. The second-order valence-corrected chi connectivity index (χ2v) is 5.51. The summed E-state index contributed by atoms with van der Waals surface area (Å²) in [5.74, 6) is -0.538. The van der Waals surface area contributed by atoms with Gasteiger partial charge in [0.2, 0.25) is 0 Å². The van der Waals surface area contributed by atoms with Crippen molar-refractivity contribution in [3.05, 3.63) is 27.8 Å². The Labute approximate surface area is 133 Å². The lowest BCUT2D eigenvalue weighted by Gasteiger charge is -2.30. The van der Waals surface area contributed by atoms with Gasteiger partial charge in [0, 0.05) is 18.7 Å². The number of hydrogen-bond donors (Lipinski definition) is 1. The maximum Gasteiger partial charge on any atom is 0.307 e. The summed E-state index contributed by atoms with van der Waals surface area (Å²) in [5.41, 5.74) is 0.429. The Morgan fingerprint density at radius 3 is 2.61 bits per heavy atom. The SMILES string of the molecule is COc1cc(CN2CCCC(C(=O)O)C2)c([N+](=O)[O-])cc1OC. The summed E-state index contributed by atoms with van der Waals surface area (Å²) in [6.45, 7) is 1.41. The van der Waals surface area contributed by atoms with Crippen LogP contribution in [0.3, 0.4) is 0 Å². The Morgan fingerprint density at radius 1 is 1.39 bits per heavy atom. The average Bonchev–Trinajstić information content (AvgIpc) is 2.54. The molecule has 1 aromatic rings. The van der Waals surface area contributed by atoms with Gasteiger partial charge in [-0.3, -0.25) is 19.8 Å². The van der Waals surface area contributed by atoms with Crippen LogP contribution in [-0.4, -0.2) is 48.2 Å². The number of methoxy groups -OCH3 is 2. The van der Waals surface area contributed by atoms with Gasteiger partial charge in [-0.1, -0.05) is 0 Å². The zero-order valence-electron chi connectivity index (χ0n) is 13.2. The fraction of sp³-hybridized carbons (Fsp3) is 0.533. The van der Waals surface area contributed by atoms with E-state index in [-0.39, 0.29) is 5.69 Å². The van der Waals surface area contributed by atoms with E-state index < -0.39 is 16.8 Å². The predicted octanol–water partition coefficient (Wildman–Crippen LogP) is 1.91. The molecule has 8 heteroatoms. The van der Waals surface area contributed by atoms with Crippen molar-refractivity contribution in [2.24, 2.45) is 5.92 Å². The lowest BCUT2D eigenvalue weighted by atomic mass is 9.97. The summed E-state index contributed by atoms with van der Waals surface area (Å²) in [7, 11) is 2.89. The molecule has 1 saturated heterocycles. The first-order valence-electron chi connectivity index (χ1n) is 7.30. The number of likely N-dealkylation sites (tertiary alicyclic amines) is 1. The van der Waals surface area contributed by atoms with E-state index in [9.17, 15) is 14.9 Å². The summed E-state index contributed by atoms with van der Waals surface area (Å²) < 4.78 is 10.3. The van der Waals surface area contributed by atoms with Gasteiger partial charge in [-0.05, 0) is 25.5 Å². The van der Waals surface area contributed by atoms with Crippen LogP contribution in [0.1, 0.15) is 18.4 Å². The van der Waals surface area contributed by atoms with Crippen LogP contribution in [0.5, 0.6) is 11.5 Å². The van der Waals surface area contributed by atoms with E-state index in [1.54, 1.807) is 6.07 Å². The van der Waals surface area contributed by atoms with Crippen molar-refractivity contribution < 1.29 is 24.3 Å². The molecule has 126 valence electrons. The molecule has 1 fully saturated rings. The smallest absolute Gasteiger partial charge is 0.307 e. The minimum absolute atomic E-state index is 0.0555. The van der Waals surface area contributed by atoms with Crippen molar-refractivity contribution in [3.63, 3.8) is 0 Å². The molecule has 0 bridgehead atoms. The van der Waals surface area contributed by atoms with Gasteiger partial charge >= 0.3 is 5.97 Å². The third-order valence-corrected chi connectivity index (χ3v) is 4.03. The van der Waals surface area contributed by atoms with E-state index in [4.69, 9.17) is 14.6 Å². The molecule has 1 aromatic carbocycles. The van der Waals surface area contributed by atoms with Crippen molar-refractivity contribution in [3.8, 4) is 11.5 Å². The highest BCUT2D eigenvalue weighted by Crippen LogP contribution is 2.35. The normalized spacial score (nSPS) is 18.4. The number of benzene rings is 1. The Bertz CT molecular complexity index is 604. The van der Waals surface area contributed by atoms with E-state index in [1.807, 2.05) is 4.90 Å². The summed E-state index contributed by atoms with van der Waals surface area (Å²) in [6, 6.07) is 2.92. The second-order valence-electron chi connectivity index (χ2n) is 5.51. The largest absolute Gasteiger partial charge is 0.493 e. The van der Waals surface area contributed by atoms with Crippen LogP contribution in [0.25, 0.3) is 0 Å². The molecular weight excluding hydrogens is 304 g/mol. The van der Waals surface area contributed by atoms with Crippen molar-refractivity contribution in [1.82, 2.24) is 4.90 Å².